The molecule has 0 unspecified atom stereocenters. The maximum atomic E-state index is 10.5. The molecule has 0 saturated carbocycles. The second kappa shape index (κ2) is 5.16. The molecule has 0 aliphatic heterocycles. The molecule has 88 valence electrons. The van der Waals surface area contributed by atoms with Crippen LogP contribution >= 0.6 is 22.9 Å². The lowest BCUT2D eigenvalue weighted by molar-refractivity contribution is -0.384. The van der Waals surface area contributed by atoms with Crippen molar-refractivity contribution in [3.05, 3.63) is 55.7 Å². The van der Waals surface area contributed by atoms with Crippen LogP contribution < -0.4 is 5.32 Å². The Balaban J connectivity index is 2.09. The maximum Gasteiger partial charge on any atom is 0.271 e. The number of nitrogens with zero attached hydrogens (tertiary/aromatic N) is 1. The van der Waals surface area contributed by atoms with Gasteiger partial charge in [0.05, 0.1) is 15.6 Å². The Kier molecular flexibility index (Phi) is 3.61. The normalized spacial score (nSPS) is 10.2. The lowest BCUT2D eigenvalue weighted by Crippen LogP contribution is -1.99. The van der Waals surface area contributed by atoms with Crippen molar-refractivity contribution in [1.29, 1.82) is 0 Å². The van der Waals surface area contributed by atoms with Crippen LogP contribution in [-0.4, -0.2) is 4.92 Å². The number of rotatable bonds is 4. The zero-order valence-electron chi connectivity index (χ0n) is 8.72. The number of hydrogen-bond acceptors (Lipinski definition) is 4. The SMILES string of the molecule is O=[N+]([O-])c1ccc(NCc2ccsc2)c(Cl)c1. The predicted molar refractivity (Wildman–Crippen MR) is 69.8 cm³/mol. The summed E-state index contributed by atoms with van der Waals surface area (Å²) >= 11 is 7.57. The van der Waals surface area contributed by atoms with Crippen LogP contribution in [0.1, 0.15) is 5.56 Å². The van der Waals surface area contributed by atoms with Crippen LogP contribution in [0.15, 0.2) is 35.0 Å². The van der Waals surface area contributed by atoms with Crippen molar-refractivity contribution >= 4 is 34.3 Å². The number of nitro groups is 1. The van der Waals surface area contributed by atoms with E-state index in [0.29, 0.717) is 17.3 Å². The van der Waals surface area contributed by atoms with Crippen molar-refractivity contribution in [2.45, 2.75) is 6.54 Å². The third-order valence-corrected chi connectivity index (χ3v) is 3.27. The van der Waals surface area contributed by atoms with Crippen molar-refractivity contribution in [2.24, 2.45) is 0 Å². The first-order valence-electron chi connectivity index (χ1n) is 4.85. The number of non-ortho nitro benzene ring substituents is 1. The van der Waals surface area contributed by atoms with Crippen molar-refractivity contribution in [1.82, 2.24) is 0 Å². The molecule has 1 aromatic heterocycles. The number of hydrogen-bond donors (Lipinski definition) is 1. The molecule has 0 aliphatic carbocycles. The molecule has 0 atom stereocenters. The second-order valence-electron chi connectivity index (χ2n) is 3.41. The van der Waals surface area contributed by atoms with E-state index in [1.54, 1.807) is 17.4 Å². The first-order valence-corrected chi connectivity index (χ1v) is 6.18. The summed E-state index contributed by atoms with van der Waals surface area (Å²) in [6.45, 7) is 0.654. The largest absolute Gasteiger partial charge is 0.380 e. The van der Waals surface area contributed by atoms with Crippen LogP contribution in [0.2, 0.25) is 5.02 Å². The van der Waals surface area contributed by atoms with Crippen LogP contribution in [0.3, 0.4) is 0 Å². The fourth-order valence-electron chi connectivity index (χ4n) is 1.35. The van der Waals surface area contributed by atoms with Gasteiger partial charge in [0.2, 0.25) is 0 Å². The molecule has 0 spiro atoms. The molecule has 0 aliphatic rings. The van der Waals surface area contributed by atoms with Crippen LogP contribution in [0.5, 0.6) is 0 Å². The fraction of sp³-hybridized carbons (Fsp3) is 0.0909. The summed E-state index contributed by atoms with van der Waals surface area (Å²) in [4.78, 5) is 10.1. The molecule has 2 rings (SSSR count). The summed E-state index contributed by atoms with van der Waals surface area (Å²) in [6.07, 6.45) is 0. The van der Waals surface area contributed by atoms with Gasteiger partial charge in [0.25, 0.3) is 5.69 Å². The Bertz CT molecular complexity index is 528. The van der Waals surface area contributed by atoms with E-state index < -0.39 is 4.92 Å². The predicted octanol–water partition coefficient (Wildman–Crippen LogP) is 3.92. The molecule has 1 N–H and O–H groups in total. The molecule has 0 amide bonds. The second-order valence-corrected chi connectivity index (χ2v) is 4.59. The molecule has 2 aromatic rings. The molecule has 1 heterocycles. The van der Waals surface area contributed by atoms with Gasteiger partial charge in [-0.05, 0) is 28.5 Å². The van der Waals surface area contributed by atoms with E-state index >= 15 is 0 Å². The first-order chi connectivity index (χ1) is 8.16. The molecule has 1 aromatic carbocycles. The Morgan fingerprint density at radius 1 is 1.41 bits per heavy atom. The number of halogens is 1. The van der Waals surface area contributed by atoms with Crippen molar-refractivity contribution in [2.75, 3.05) is 5.32 Å². The highest BCUT2D eigenvalue weighted by Gasteiger charge is 2.08. The molecular formula is C11H9ClN2O2S. The maximum absolute atomic E-state index is 10.5. The monoisotopic (exact) mass is 268 g/mol. The zero-order valence-corrected chi connectivity index (χ0v) is 10.3. The standard InChI is InChI=1S/C11H9ClN2O2S/c12-10-5-9(14(15)16)1-2-11(10)13-6-8-3-4-17-7-8/h1-5,7,13H,6H2. The average molecular weight is 269 g/mol. The van der Waals surface area contributed by atoms with Gasteiger partial charge < -0.3 is 5.32 Å². The number of benzene rings is 1. The van der Waals surface area contributed by atoms with Gasteiger partial charge in [-0.15, -0.1) is 0 Å². The third kappa shape index (κ3) is 2.95. The molecule has 4 nitrogen and oxygen atoms in total. The van der Waals surface area contributed by atoms with E-state index in [-0.39, 0.29) is 5.69 Å². The molecule has 0 fully saturated rings. The number of nitro benzene ring substituents is 1. The minimum Gasteiger partial charge on any atom is -0.380 e. The highest BCUT2D eigenvalue weighted by molar-refractivity contribution is 7.07. The van der Waals surface area contributed by atoms with Gasteiger partial charge in [0.1, 0.15) is 0 Å². The van der Waals surface area contributed by atoms with Gasteiger partial charge in [-0.1, -0.05) is 11.6 Å². The summed E-state index contributed by atoms with van der Waals surface area (Å²) in [5.74, 6) is 0. The van der Waals surface area contributed by atoms with Gasteiger partial charge in [-0.2, -0.15) is 11.3 Å². The van der Waals surface area contributed by atoms with Crippen LogP contribution in [0.25, 0.3) is 0 Å². The molecular weight excluding hydrogens is 260 g/mol. The zero-order chi connectivity index (χ0) is 12.3. The highest BCUT2D eigenvalue weighted by atomic mass is 35.5. The van der Waals surface area contributed by atoms with E-state index in [1.807, 2.05) is 16.8 Å². The van der Waals surface area contributed by atoms with Crippen molar-refractivity contribution in [3.8, 4) is 0 Å². The van der Waals surface area contributed by atoms with Gasteiger partial charge in [-0.25, -0.2) is 0 Å². The topological polar surface area (TPSA) is 55.2 Å². The van der Waals surface area contributed by atoms with Gasteiger partial charge in [-0.3, -0.25) is 10.1 Å². The minimum atomic E-state index is -0.464. The van der Waals surface area contributed by atoms with E-state index in [1.165, 1.54) is 12.1 Å². The number of anilines is 1. The molecule has 0 saturated heterocycles. The lowest BCUT2D eigenvalue weighted by Gasteiger charge is -2.06. The quantitative estimate of drug-likeness (QED) is 0.675. The van der Waals surface area contributed by atoms with Crippen molar-refractivity contribution < 1.29 is 4.92 Å². The van der Waals surface area contributed by atoms with Gasteiger partial charge >= 0.3 is 0 Å². The van der Waals surface area contributed by atoms with Crippen LogP contribution in [0, 0.1) is 10.1 Å². The summed E-state index contributed by atoms with van der Waals surface area (Å²) in [6, 6.07) is 6.41. The Morgan fingerprint density at radius 3 is 2.82 bits per heavy atom. The fourth-order valence-corrected chi connectivity index (χ4v) is 2.26. The third-order valence-electron chi connectivity index (χ3n) is 2.23. The van der Waals surface area contributed by atoms with Crippen molar-refractivity contribution in [3.63, 3.8) is 0 Å². The number of thiophene rings is 1. The smallest absolute Gasteiger partial charge is 0.271 e. The highest BCUT2D eigenvalue weighted by Crippen LogP contribution is 2.27. The Morgan fingerprint density at radius 2 is 2.24 bits per heavy atom. The Labute approximate surface area is 107 Å². The summed E-state index contributed by atoms with van der Waals surface area (Å²) in [7, 11) is 0. The van der Waals surface area contributed by atoms with Crippen LogP contribution in [-0.2, 0) is 6.54 Å². The summed E-state index contributed by atoms with van der Waals surface area (Å²) < 4.78 is 0. The van der Waals surface area contributed by atoms with E-state index in [9.17, 15) is 10.1 Å². The average Bonchev–Trinajstić information content (AvgIpc) is 2.80. The molecule has 17 heavy (non-hydrogen) atoms. The van der Waals surface area contributed by atoms with E-state index in [0.717, 1.165) is 5.56 Å². The molecule has 0 radical (unpaired) electrons. The van der Waals surface area contributed by atoms with E-state index in [4.69, 9.17) is 11.6 Å². The minimum absolute atomic E-state index is 0.00363. The first kappa shape index (κ1) is 11.9. The Hall–Kier alpha value is -1.59. The van der Waals surface area contributed by atoms with Gasteiger partial charge in [0, 0.05) is 18.7 Å². The number of nitrogens with one attached hydrogen (secondary N) is 1. The molecule has 0 bridgehead atoms. The molecule has 6 heteroatoms. The lowest BCUT2D eigenvalue weighted by atomic mass is 10.2. The van der Waals surface area contributed by atoms with Gasteiger partial charge in [0.15, 0.2) is 0 Å². The summed E-state index contributed by atoms with van der Waals surface area (Å²) in [5.41, 5.74) is 1.85. The van der Waals surface area contributed by atoms with E-state index in [2.05, 4.69) is 5.32 Å². The van der Waals surface area contributed by atoms with Crippen LogP contribution in [0.4, 0.5) is 11.4 Å². The summed E-state index contributed by atoms with van der Waals surface area (Å²) in [5, 5.41) is 18.1.